The van der Waals surface area contributed by atoms with Gasteiger partial charge in [-0.15, -0.1) is 0 Å². The van der Waals surface area contributed by atoms with Crippen LogP contribution in [0.1, 0.15) is 37.8 Å². The second kappa shape index (κ2) is 6.55. The van der Waals surface area contributed by atoms with Crippen molar-refractivity contribution in [1.29, 1.82) is 0 Å². The Labute approximate surface area is 86.5 Å². The van der Waals surface area contributed by atoms with Crippen molar-refractivity contribution in [2.24, 2.45) is 5.73 Å². The first-order valence-corrected chi connectivity index (χ1v) is 5.42. The zero-order chi connectivity index (χ0) is 10.2. The van der Waals surface area contributed by atoms with Crippen LogP contribution in [0.15, 0.2) is 24.4 Å². The van der Waals surface area contributed by atoms with Crippen molar-refractivity contribution in [1.82, 2.24) is 4.98 Å². The molecule has 0 aromatic carbocycles. The van der Waals surface area contributed by atoms with Gasteiger partial charge in [-0.2, -0.15) is 0 Å². The van der Waals surface area contributed by atoms with E-state index in [1.54, 1.807) is 6.20 Å². The van der Waals surface area contributed by atoms with E-state index in [2.05, 4.69) is 4.98 Å². The Balaban J connectivity index is 0.000000140. The third kappa shape index (κ3) is 4.97. The maximum atomic E-state index is 5.63. The van der Waals surface area contributed by atoms with Gasteiger partial charge in [-0.25, -0.2) is 0 Å². The first-order chi connectivity index (χ1) is 6.79. The molecule has 1 aromatic heterocycles. The van der Waals surface area contributed by atoms with Crippen LogP contribution in [0.3, 0.4) is 0 Å². The number of pyridine rings is 1. The number of nitrogens with two attached hydrogens (primary N) is 1. The van der Waals surface area contributed by atoms with E-state index in [1.165, 1.54) is 32.1 Å². The van der Waals surface area contributed by atoms with Gasteiger partial charge in [0.05, 0.1) is 0 Å². The number of nitrogens with zero attached hydrogens (tertiary/aromatic N) is 1. The summed E-state index contributed by atoms with van der Waals surface area (Å²) in [5, 5.41) is 0. The number of rotatable bonds is 0. The van der Waals surface area contributed by atoms with Gasteiger partial charge in [0, 0.05) is 17.9 Å². The van der Waals surface area contributed by atoms with E-state index in [-0.39, 0.29) is 0 Å². The Morgan fingerprint density at radius 3 is 2.21 bits per heavy atom. The minimum atomic E-state index is 0.536. The zero-order valence-electron chi connectivity index (χ0n) is 8.95. The molecule has 1 aromatic rings. The summed E-state index contributed by atoms with van der Waals surface area (Å²) in [6, 6.07) is 6.39. The predicted molar refractivity (Wildman–Crippen MR) is 60.0 cm³/mol. The molecule has 0 aliphatic heterocycles. The highest BCUT2D eigenvalue weighted by atomic mass is 14.6. The van der Waals surface area contributed by atoms with Gasteiger partial charge in [0.15, 0.2) is 0 Å². The van der Waals surface area contributed by atoms with Crippen LogP contribution in [0, 0.1) is 6.92 Å². The summed E-state index contributed by atoms with van der Waals surface area (Å²) in [6.45, 7) is 1.97. The van der Waals surface area contributed by atoms with Gasteiger partial charge < -0.3 is 5.73 Å². The van der Waals surface area contributed by atoms with Gasteiger partial charge in [-0.3, -0.25) is 4.98 Å². The first kappa shape index (κ1) is 11.2. The molecular weight excluding hydrogens is 172 g/mol. The van der Waals surface area contributed by atoms with E-state index in [4.69, 9.17) is 5.73 Å². The van der Waals surface area contributed by atoms with Crippen LogP contribution in [0.4, 0.5) is 0 Å². The largest absolute Gasteiger partial charge is 0.328 e. The molecule has 0 unspecified atom stereocenters. The number of hydrogen-bond acceptors (Lipinski definition) is 2. The molecule has 0 atom stereocenters. The lowest BCUT2D eigenvalue weighted by molar-refractivity contribution is 0.441. The molecule has 2 rings (SSSR count). The SMILES string of the molecule is Cc1ccccn1.NC1CCCCC1. The quantitative estimate of drug-likeness (QED) is 0.686. The molecular formula is C12H20N2. The highest BCUT2D eigenvalue weighted by Crippen LogP contribution is 2.14. The minimum absolute atomic E-state index is 0.536. The molecule has 0 spiro atoms. The van der Waals surface area contributed by atoms with Crippen molar-refractivity contribution >= 4 is 0 Å². The van der Waals surface area contributed by atoms with Gasteiger partial charge in [-0.05, 0) is 31.9 Å². The summed E-state index contributed by atoms with van der Waals surface area (Å²) in [6.07, 6.45) is 8.45. The molecule has 2 nitrogen and oxygen atoms in total. The van der Waals surface area contributed by atoms with Gasteiger partial charge in [0.1, 0.15) is 0 Å². The Bertz CT molecular complexity index is 227. The maximum Gasteiger partial charge on any atom is 0.0372 e. The molecule has 0 saturated heterocycles. The molecule has 1 fully saturated rings. The van der Waals surface area contributed by atoms with Gasteiger partial charge in [0.2, 0.25) is 0 Å². The summed E-state index contributed by atoms with van der Waals surface area (Å²) >= 11 is 0. The van der Waals surface area contributed by atoms with Crippen LogP contribution in [0.5, 0.6) is 0 Å². The van der Waals surface area contributed by atoms with Crippen molar-refractivity contribution in [3.05, 3.63) is 30.1 Å². The summed E-state index contributed by atoms with van der Waals surface area (Å²) in [5.74, 6) is 0. The van der Waals surface area contributed by atoms with Gasteiger partial charge in [-0.1, -0.05) is 25.3 Å². The average Bonchev–Trinajstić information content (AvgIpc) is 2.21. The first-order valence-electron chi connectivity index (χ1n) is 5.42. The lowest BCUT2D eigenvalue weighted by Crippen LogP contribution is -2.22. The molecule has 2 N–H and O–H groups in total. The molecule has 0 amide bonds. The fraction of sp³-hybridized carbons (Fsp3) is 0.583. The smallest absolute Gasteiger partial charge is 0.0372 e. The van der Waals surface area contributed by atoms with Gasteiger partial charge >= 0.3 is 0 Å². The van der Waals surface area contributed by atoms with Crippen molar-refractivity contribution in [2.75, 3.05) is 0 Å². The summed E-state index contributed by atoms with van der Waals surface area (Å²) in [5.41, 5.74) is 6.71. The van der Waals surface area contributed by atoms with Crippen LogP contribution in [-0.2, 0) is 0 Å². The Hall–Kier alpha value is -0.890. The monoisotopic (exact) mass is 192 g/mol. The number of hydrogen-bond donors (Lipinski definition) is 1. The van der Waals surface area contributed by atoms with Crippen LogP contribution in [-0.4, -0.2) is 11.0 Å². The molecule has 0 radical (unpaired) electrons. The lowest BCUT2D eigenvalue weighted by Gasteiger charge is -2.15. The van der Waals surface area contributed by atoms with Crippen LogP contribution >= 0.6 is 0 Å². The topological polar surface area (TPSA) is 38.9 Å². The molecule has 1 heterocycles. The van der Waals surface area contributed by atoms with E-state index >= 15 is 0 Å². The Kier molecular flexibility index (Phi) is 5.23. The van der Waals surface area contributed by atoms with Gasteiger partial charge in [0.25, 0.3) is 0 Å². The third-order valence-electron chi connectivity index (χ3n) is 2.46. The Morgan fingerprint density at radius 2 is 1.93 bits per heavy atom. The fourth-order valence-electron chi connectivity index (χ4n) is 1.58. The molecule has 1 aliphatic rings. The molecule has 1 saturated carbocycles. The van der Waals surface area contributed by atoms with Crippen LogP contribution in [0.2, 0.25) is 0 Å². The number of aromatic nitrogens is 1. The predicted octanol–water partition coefficient (Wildman–Crippen LogP) is 2.67. The molecule has 78 valence electrons. The zero-order valence-corrected chi connectivity index (χ0v) is 8.95. The van der Waals surface area contributed by atoms with Crippen molar-refractivity contribution in [2.45, 2.75) is 45.1 Å². The highest BCUT2D eigenvalue weighted by molar-refractivity contribution is 4.99. The highest BCUT2D eigenvalue weighted by Gasteiger charge is 2.06. The fourth-order valence-corrected chi connectivity index (χ4v) is 1.58. The lowest BCUT2D eigenvalue weighted by atomic mass is 9.97. The van der Waals surface area contributed by atoms with Crippen molar-refractivity contribution < 1.29 is 0 Å². The van der Waals surface area contributed by atoms with Crippen molar-refractivity contribution in [3.63, 3.8) is 0 Å². The van der Waals surface area contributed by atoms with E-state index in [0.717, 1.165) is 5.69 Å². The normalized spacial score (nSPS) is 17.0. The van der Waals surface area contributed by atoms with E-state index in [1.807, 2.05) is 25.1 Å². The van der Waals surface area contributed by atoms with Crippen molar-refractivity contribution in [3.8, 4) is 0 Å². The minimum Gasteiger partial charge on any atom is -0.328 e. The molecule has 1 aliphatic carbocycles. The summed E-state index contributed by atoms with van der Waals surface area (Å²) < 4.78 is 0. The summed E-state index contributed by atoms with van der Waals surface area (Å²) in [4.78, 5) is 3.98. The maximum absolute atomic E-state index is 5.63. The second-order valence-corrected chi connectivity index (χ2v) is 3.87. The molecule has 2 heteroatoms. The van der Waals surface area contributed by atoms with E-state index < -0.39 is 0 Å². The standard InChI is InChI=1S/C6H7N.C6H13N/c1-6-4-2-3-5-7-6;7-6-4-2-1-3-5-6/h2-5H,1H3;6H,1-5,7H2. The second-order valence-electron chi connectivity index (χ2n) is 3.87. The van der Waals surface area contributed by atoms with E-state index in [0.29, 0.717) is 6.04 Å². The van der Waals surface area contributed by atoms with Crippen LogP contribution in [0.25, 0.3) is 0 Å². The summed E-state index contributed by atoms with van der Waals surface area (Å²) in [7, 11) is 0. The number of aryl methyl sites for hydroxylation is 1. The Morgan fingerprint density at radius 1 is 1.21 bits per heavy atom. The average molecular weight is 192 g/mol. The molecule has 14 heavy (non-hydrogen) atoms. The third-order valence-corrected chi connectivity index (χ3v) is 2.46. The van der Waals surface area contributed by atoms with E-state index in [9.17, 15) is 0 Å². The van der Waals surface area contributed by atoms with Crippen LogP contribution < -0.4 is 5.73 Å². The molecule has 0 bridgehead atoms.